The van der Waals surface area contributed by atoms with E-state index in [0.29, 0.717) is 12.5 Å². The van der Waals surface area contributed by atoms with Crippen LogP contribution >= 0.6 is 11.8 Å². The fraction of sp³-hybridized carbons (Fsp3) is 0.353. The molecule has 1 unspecified atom stereocenters. The summed E-state index contributed by atoms with van der Waals surface area (Å²) in [6, 6.07) is 9.36. The number of nitrogens with zero attached hydrogens (tertiary/aromatic N) is 3. The molecule has 1 heterocycles. The van der Waals surface area contributed by atoms with Gasteiger partial charge in [0.1, 0.15) is 0 Å². The average Bonchev–Trinajstić information content (AvgIpc) is 3.04. The van der Waals surface area contributed by atoms with Crippen molar-refractivity contribution in [2.45, 2.75) is 18.8 Å². The zero-order valence-corrected chi connectivity index (χ0v) is 14.9. The van der Waals surface area contributed by atoms with Gasteiger partial charge in [-0.1, -0.05) is 30.3 Å². The molecule has 4 N–H and O–H groups in total. The first-order chi connectivity index (χ1) is 12.2. The van der Waals surface area contributed by atoms with Crippen molar-refractivity contribution >= 4 is 17.7 Å². The molecule has 0 saturated heterocycles. The van der Waals surface area contributed by atoms with Crippen molar-refractivity contribution in [3.63, 3.8) is 0 Å². The first kappa shape index (κ1) is 18.8. The van der Waals surface area contributed by atoms with E-state index in [4.69, 9.17) is 5.26 Å². The maximum atomic E-state index is 10.1. The molecule has 1 aromatic carbocycles. The zero-order valence-electron chi connectivity index (χ0n) is 14.1. The Kier molecular flexibility index (Phi) is 7.82. The highest BCUT2D eigenvalue weighted by Crippen LogP contribution is 2.12. The van der Waals surface area contributed by atoms with E-state index in [9.17, 15) is 5.11 Å². The van der Waals surface area contributed by atoms with Gasteiger partial charge < -0.3 is 15.4 Å². The fourth-order valence-electron chi connectivity index (χ4n) is 2.10. The molecular formula is C17H22N6OS. The van der Waals surface area contributed by atoms with Crippen LogP contribution in [0.15, 0.2) is 41.7 Å². The van der Waals surface area contributed by atoms with Gasteiger partial charge in [0, 0.05) is 23.7 Å². The average molecular weight is 358 g/mol. The minimum Gasteiger partial charge on any atom is -0.387 e. The maximum Gasteiger partial charge on any atom is 0.204 e. The van der Waals surface area contributed by atoms with E-state index in [1.807, 2.05) is 43.4 Å². The van der Waals surface area contributed by atoms with Gasteiger partial charge in [-0.2, -0.15) is 17.0 Å². The molecule has 0 bridgehead atoms. The summed E-state index contributed by atoms with van der Waals surface area (Å²) >= 11 is 1.73. The van der Waals surface area contributed by atoms with Gasteiger partial charge in [-0.3, -0.25) is 10.3 Å². The molecule has 1 aromatic heterocycles. The molecule has 0 saturated carbocycles. The Morgan fingerprint density at radius 2 is 2.24 bits per heavy atom. The quantitative estimate of drug-likeness (QED) is 0.188. The predicted molar refractivity (Wildman–Crippen MR) is 99.9 cm³/mol. The Balaban J connectivity index is 1.74. The number of nitrogens with one attached hydrogen (secondary N) is 3. The SMILES string of the molecule is Cc1[nH]cnc1CSCC/N=C(\NC#N)NCC(O)c1ccccc1. The second-order valence-electron chi connectivity index (χ2n) is 5.30. The molecule has 2 rings (SSSR count). The minimum atomic E-state index is -0.663. The molecule has 0 amide bonds. The number of guanidine groups is 1. The summed E-state index contributed by atoms with van der Waals surface area (Å²) in [5.74, 6) is 2.01. The summed E-state index contributed by atoms with van der Waals surface area (Å²) in [7, 11) is 0. The van der Waals surface area contributed by atoms with Crippen LogP contribution in [0.25, 0.3) is 0 Å². The first-order valence-corrected chi connectivity index (χ1v) is 9.09. The second kappa shape index (κ2) is 10.4. The van der Waals surface area contributed by atoms with Gasteiger partial charge in [0.05, 0.1) is 24.7 Å². The number of thioether (sulfide) groups is 1. The molecule has 0 fully saturated rings. The van der Waals surface area contributed by atoms with E-state index in [1.54, 1.807) is 18.1 Å². The van der Waals surface area contributed by atoms with Gasteiger partial charge in [-0.15, -0.1) is 0 Å². The standard InChI is InChI=1S/C17H22N6OS/c1-13-15(23-12-22-13)10-25-8-7-19-17(21-11-18)20-9-16(24)14-5-3-2-4-6-14/h2-6,12,16,24H,7-10H2,1H3,(H,22,23)(H2,19,20,21). The Bertz CT molecular complexity index is 709. The van der Waals surface area contributed by atoms with Gasteiger partial charge in [-0.25, -0.2) is 4.98 Å². The molecule has 0 aliphatic carbocycles. The van der Waals surface area contributed by atoms with E-state index in [1.165, 1.54) is 0 Å². The fourth-order valence-corrected chi connectivity index (χ4v) is 2.95. The van der Waals surface area contributed by atoms with Crippen LogP contribution in [0.1, 0.15) is 23.1 Å². The highest BCUT2D eigenvalue weighted by atomic mass is 32.2. The Morgan fingerprint density at radius 1 is 1.44 bits per heavy atom. The van der Waals surface area contributed by atoms with Crippen molar-refractivity contribution < 1.29 is 5.11 Å². The molecular weight excluding hydrogens is 336 g/mol. The number of hydrogen-bond acceptors (Lipinski definition) is 5. The normalized spacial score (nSPS) is 12.4. The summed E-state index contributed by atoms with van der Waals surface area (Å²) in [5.41, 5.74) is 2.95. The number of aliphatic hydroxyl groups is 1. The van der Waals surface area contributed by atoms with Crippen LogP contribution in [0.3, 0.4) is 0 Å². The number of aliphatic hydroxyl groups excluding tert-OH is 1. The van der Waals surface area contributed by atoms with E-state index in [0.717, 1.165) is 28.5 Å². The van der Waals surface area contributed by atoms with Crippen LogP contribution in [0.5, 0.6) is 0 Å². The molecule has 0 aliphatic rings. The third kappa shape index (κ3) is 6.49. The summed E-state index contributed by atoms with van der Waals surface area (Å²) in [6.45, 7) is 2.83. The molecule has 0 radical (unpaired) electrons. The second-order valence-corrected chi connectivity index (χ2v) is 6.41. The van der Waals surface area contributed by atoms with Crippen LogP contribution < -0.4 is 10.6 Å². The van der Waals surface area contributed by atoms with Crippen molar-refractivity contribution in [1.82, 2.24) is 20.6 Å². The number of aromatic nitrogens is 2. The molecule has 0 spiro atoms. The number of H-pyrrole nitrogens is 1. The van der Waals surface area contributed by atoms with Crippen molar-refractivity contribution in [3.05, 3.63) is 53.6 Å². The number of rotatable bonds is 8. The molecule has 2 aromatic rings. The van der Waals surface area contributed by atoms with Gasteiger partial charge >= 0.3 is 0 Å². The number of aromatic amines is 1. The Hall–Kier alpha value is -2.50. The Labute approximate surface area is 151 Å². The van der Waals surface area contributed by atoms with E-state index >= 15 is 0 Å². The van der Waals surface area contributed by atoms with Gasteiger partial charge in [0.25, 0.3) is 0 Å². The van der Waals surface area contributed by atoms with Crippen LogP contribution in [0, 0.1) is 18.4 Å². The largest absolute Gasteiger partial charge is 0.387 e. The summed E-state index contributed by atoms with van der Waals surface area (Å²) in [5, 5.41) is 24.4. The molecule has 1 atom stereocenters. The highest BCUT2D eigenvalue weighted by Gasteiger charge is 2.08. The third-order valence-corrected chi connectivity index (χ3v) is 4.45. The monoisotopic (exact) mass is 358 g/mol. The highest BCUT2D eigenvalue weighted by molar-refractivity contribution is 7.98. The van der Waals surface area contributed by atoms with Crippen LogP contribution in [-0.2, 0) is 5.75 Å². The van der Waals surface area contributed by atoms with Gasteiger partial charge in [0.2, 0.25) is 5.96 Å². The first-order valence-electron chi connectivity index (χ1n) is 7.93. The van der Waals surface area contributed by atoms with Gasteiger partial charge in [0.15, 0.2) is 6.19 Å². The lowest BCUT2D eigenvalue weighted by Gasteiger charge is -2.13. The summed E-state index contributed by atoms with van der Waals surface area (Å²) in [4.78, 5) is 11.6. The lowest BCUT2D eigenvalue weighted by molar-refractivity contribution is 0.181. The number of benzene rings is 1. The van der Waals surface area contributed by atoms with Crippen molar-refractivity contribution in [2.24, 2.45) is 4.99 Å². The number of imidazole rings is 1. The molecule has 132 valence electrons. The molecule has 0 aliphatic heterocycles. The minimum absolute atomic E-state index is 0.275. The number of hydrogen-bond donors (Lipinski definition) is 4. The predicted octanol–water partition coefficient (Wildman–Crippen LogP) is 1.70. The van der Waals surface area contributed by atoms with Crippen molar-refractivity contribution in [3.8, 4) is 6.19 Å². The van der Waals surface area contributed by atoms with Crippen molar-refractivity contribution in [2.75, 3.05) is 18.8 Å². The Morgan fingerprint density at radius 3 is 2.92 bits per heavy atom. The lowest BCUT2D eigenvalue weighted by Crippen LogP contribution is -2.37. The molecule has 25 heavy (non-hydrogen) atoms. The number of nitriles is 1. The lowest BCUT2D eigenvalue weighted by atomic mass is 10.1. The van der Waals surface area contributed by atoms with E-state index < -0.39 is 6.10 Å². The van der Waals surface area contributed by atoms with Crippen LogP contribution in [0.4, 0.5) is 0 Å². The topological polar surface area (TPSA) is 109 Å². The van der Waals surface area contributed by atoms with Gasteiger partial charge in [-0.05, 0) is 12.5 Å². The molecule has 8 heteroatoms. The third-order valence-electron chi connectivity index (χ3n) is 3.50. The van der Waals surface area contributed by atoms with E-state index in [2.05, 4.69) is 25.6 Å². The van der Waals surface area contributed by atoms with Crippen LogP contribution in [0.2, 0.25) is 0 Å². The summed E-state index contributed by atoms with van der Waals surface area (Å²) < 4.78 is 0. The number of aryl methyl sites for hydroxylation is 1. The van der Waals surface area contributed by atoms with E-state index in [-0.39, 0.29) is 6.54 Å². The van der Waals surface area contributed by atoms with Crippen LogP contribution in [-0.4, -0.2) is 39.9 Å². The summed E-state index contributed by atoms with van der Waals surface area (Å²) in [6.07, 6.45) is 2.89. The molecule has 7 nitrogen and oxygen atoms in total. The maximum absolute atomic E-state index is 10.1. The van der Waals surface area contributed by atoms with Crippen molar-refractivity contribution in [1.29, 1.82) is 5.26 Å². The zero-order chi connectivity index (χ0) is 17.9. The smallest absolute Gasteiger partial charge is 0.204 e. The number of aliphatic imine (C=N–C) groups is 1.